The van der Waals surface area contributed by atoms with E-state index in [-0.39, 0.29) is 23.2 Å². The van der Waals surface area contributed by atoms with Gasteiger partial charge in [-0.3, -0.25) is 9.48 Å². The number of nitrogens with zero attached hydrogens (tertiary/aromatic N) is 3. The molecule has 1 aliphatic carbocycles. The number of hydrogen-bond donors (Lipinski definition) is 4. The molecule has 3 aromatic rings. The molecule has 9 heteroatoms. The highest BCUT2D eigenvalue weighted by atomic mass is 19.1. The molecule has 1 aromatic carbocycles. The lowest BCUT2D eigenvalue weighted by atomic mass is 10.1. The number of halogens is 1. The van der Waals surface area contributed by atoms with Gasteiger partial charge in [0.2, 0.25) is 0 Å². The van der Waals surface area contributed by atoms with E-state index in [1.165, 1.54) is 12.8 Å². The summed E-state index contributed by atoms with van der Waals surface area (Å²) >= 11 is 0. The largest absolute Gasteiger partial charge is 0.365 e. The number of aromatic nitrogens is 3. The quantitative estimate of drug-likeness (QED) is 0.463. The van der Waals surface area contributed by atoms with Gasteiger partial charge >= 0.3 is 0 Å². The monoisotopic (exact) mass is 397 g/mol. The van der Waals surface area contributed by atoms with Crippen LogP contribution in [0, 0.1) is 11.7 Å². The van der Waals surface area contributed by atoms with E-state index >= 15 is 0 Å². The van der Waals surface area contributed by atoms with Crippen LogP contribution in [0.25, 0.3) is 10.9 Å². The van der Waals surface area contributed by atoms with Gasteiger partial charge in [-0.15, -0.1) is 0 Å². The van der Waals surface area contributed by atoms with Gasteiger partial charge < -0.3 is 22.1 Å². The summed E-state index contributed by atoms with van der Waals surface area (Å²) in [6, 6.07) is 6.64. The Labute approximate surface area is 167 Å². The highest BCUT2D eigenvalue weighted by Gasteiger charge is 2.26. The van der Waals surface area contributed by atoms with Crippen molar-refractivity contribution in [1.29, 1.82) is 0 Å². The standard InChI is InChI=1S/C20H24FN7O/c1-28-17-5-4-13(7-12(17)10-24-28)25-19-15(18(23)29)8-16(21)20(27-19)26-14(9-22)6-11-2-3-11/h4-5,7-8,10-11,14H,2-3,6,9,22H2,1H3,(H2,23,29)(H2,25,26,27). The number of benzene rings is 1. The van der Waals surface area contributed by atoms with E-state index in [2.05, 4.69) is 20.7 Å². The summed E-state index contributed by atoms with van der Waals surface area (Å²) in [6.07, 6.45) is 4.97. The number of primary amides is 1. The maximum absolute atomic E-state index is 14.6. The Hall–Kier alpha value is -3.20. The molecule has 152 valence electrons. The number of amides is 1. The molecule has 6 N–H and O–H groups in total. The Morgan fingerprint density at radius 1 is 1.34 bits per heavy atom. The summed E-state index contributed by atoms with van der Waals surface area (Å²) in [4.78, 5) is 16.2. The number of anilines is 3. The van der Waals surface area contributed by atoms with Crippen molar-refractivity contribution in [2.75, 3.05) is 17.2 Å². The molecule has 2 heterocycles. The second-order valence-corrected chi connectivity index (χ2v) is 7.50. The summed E-state index contributed by atoms with van der Waals surface area (Å²) in [5, 5.41) is 11.3. The van der Waals surface area contributed by atoms with Gasteiger partial charge in [0.15, 0.2) is 11.6 Å². The third-order valence-corrected chi connectivity index (χ3v) is 5.19. The summed E-state index contributed by atoms with van der Waals surface area (Å²) in [5.41, 5.74) is 12.9. The Balaban J connectivity index is 1.64. The minimum absolute atomic E-state index is 0.0224. The van der Waals surface area contributed by atoms with Crippen LogP contribution in [0.2, 0.25) is 0 Å². The van der Waals surface area contributed by atoms with Crippen LogP contribution in [0.3, 0.4) is 0 Å². The Bertz CT molecular complexity index is 1060. The zero-order valence-electron chi connectivity index (χ0n) is 16.2. The first-order valence-electron chi connectivity index (χ1n) is 9.60. The highest BCUT2D eigenvalue weighted by Crippen LogP contribution is 2.34. The third-order valence-electron chi connectivity index (χ3n) is 5.19. The zero-order chi connectivity index (χ0) is 20.5. The van der Waals surface area contributed by atoms with Crippen LogP contribution in [-0.4, -0.2) is 33.3 Å². The lowest BCUT2D eigenvalue weighted by molar-refractivity contribution is 0.100. The molecule has 8 nitrogen and oxygen atoms in total. The first kappa shape index (κ1) is 19.1. The van der Waals surface area contributed by atoms with Crippen LogP contribution in [0.1, 0.15) is 29.6 Å². The molecule has 0 spiro atoms. The van der Waals surface area contributed by atoms with Crippen molar-refractivity contribution in [3.63, 3.8) is 0 Å². The van der Waals surface area contributed by atoms with Crippen molar-refractivity contribution in [3.8, 4) is 0 Å². The molecule has 1 atom stereocenters. The Morgan fingerprint density at radius 3 is 2.83 bits per heavy atom. The summed E-state index contributed by atoms with van der Waals surface area (Å²) in [5.74, 6) is -0.529. The van der Waals surface area contributed by atoms with E-state index in [0.717, 1.165) is 23.4 Å². The van der Waals surface area contributed by atoms with E-state index in [9.17, 15) is 9.18 Å². The van der Waals surface area contributed by atoms with E-state index < -0.39 is 11.7 Å². The van der Waals surface area contributed by atoms with Gasteiger partial charge in [-0.25, -0.2) is 9.37 Å². The van der Waals surface area contributed by atoms with Crippen molar-refractivity contribution in [3.05, 3.63) is 41.8 Å². The van der Waals surface area contributed by atoms with E-state index in [4.69, 9.17) is 11.5 Å². The summed E-state index contributed by atoms with van der Waals surface area (Å²) < 4.78 is 16.3. The zero-order valence-corrected chi connectivity index (χ0v) is 16.2. The van der Waals surface area contributed by atoms with Crippen molar-refractivity contribution in [2.24, 2.45) is 24.4 Å². The van der Waals surface area contributed by atoms with Crippen LogP contribution >= 0.6 is 0 Å². The SMILES string of the molecule is Cn1ncc2cc(Nc3nc(NC(CN)CC4CC4)c(F)cc3C(N)=O)ccc21. The van der Waals surface area contributed by atoms with Crippen molar-refractivity contribution < 1.29 is 9.18 Å². The molecule has 0 bridgehead atoms. The van der Waals surface area contributed by atoms with Crippen LogP contribution in [0.5, 0.6) is 0 Å². The molecule has 1 fully saturated rings. The van der Waals surface area contributed by atoms with Crippen molar-refractivity contribution in [2.45, 2.75) is 25.3 Å². The van der Waals surface area contributed by atoms with Gasteiger partial charge in [0.05, 0.1) is 17.3 Å². The molecule has 0 radical (unpaired) electrons. The lowest BCUT2D eigenvalue weighted by Gasteiger charge is -2.19. The van der Waals surface area contributed by atoms with E-state index in [1.807, 2.05) is 25.2 Å². The number of hydrogen-bond acceptors (Lipinski definition) is 6. The number of nitrogens with two attached hydrogens (primary N) is 2. The molecule has 1 amide bonds. The maximum Gasteiger partial charge on any atom is 0.252 e. The fourth-order valence-electron chi connectivity index (χ4n) is 3.41. The molecule has 1 unspecified atom stereocenters. The van der Waals surface area contributed by atoms with Crippen LogP contribution in [0.15, 0.2) is 30.5 Å². The fraction of sp³-hybridized carbons (Fsp3) is 0.350. The van der Waals surface area contributed by atoms with Crippen molar-refractivity contribution in [1.82, 2.24) is 14.8 Å². The second kappa shape index (κ2) is 7.67. The fourth-order valence-corrected chi connectivity index (χ4v) is 3.41. The van der Waals surface area contributed by atoms with Gasteiger partial charge in [0, 0.05) is 30.7 Å². The van der Waals surface area contributed by atoms with Crippen molar-refractivity contribution >= 4 is 34.1 Å². The predicted molar refractivity (Wildman–Crippen MR) is 111 cm³/mol. The molecule has 1 aliphatic rings. The summed E-state index contributed by atoms with van der Waals surface area (Å²) in [7, 11) is 1.86. The minimum Gasteiger partial charge on any atom is -0.365 e. The predicted octanol–water partition coefficient (Wildman–Crippen LogP) is 2.49. The molecule has 4 rings (SSSR count). The normalized spacial score (nSPS) is 14.7. The molecular weight excluding hydrogens is 373 g/mol. The maximum atomic E-state index is 14.6. The lowest BCUT2D eigenvalue weighted by Crippen LogP contribution is -2.30. The topological polar surface area (TPSA) is 124 Å². The van der Waals surface area contributed by atoms with Gasteiger partial charge in [-0.1, -0.05) is 12.8 Å². The van der Waals surface area contributed by atoms with Gasteiger partial charge in [-0.2, -0.15) is 5.10 Å². The van der Waals surface area contributed by atoms with Crippen LogP contribution in [0.4, 0.5) is 21.7 Å². The molecule has 0 aliphatic heterocycles. The minimum atomic E-state index is -0.763. The van der Waals surface area contributed by atoms with Crippen LogP contribution in [-0.2, 0) is 7.05 Å². The van der Waals surface area contributed by atoms with E-state index in [1.54, 1.807) is 10.9 Å². The molecule has 1 saturated carbocycles. The first-order valence-corrected chi connectivity index (χ1v) is 9.60. The number of carbonyl (C=O) groups excluding carboxylic acids is 1. The first-order chi connectivity index (χ1) is 13.9. The third kappa shape index (κ3) is 4.14. The van der Waals surface area contributed by atoms with E-state index in [0.29, 0.717) is 18.2 Å². The number of rotatable bonds is 8. The van der Waals surface area contributed by atoms with Gasteiger partial charge in [0.1, 0.15) is 5.82 Å². The second-order valence-electron chi connectivity index (χ2n) is 7.50. The number of aryl methyl sites for hydroxylation is 1. The Morgan fingerprint density at radius 2 is 2.14 bits per heavy atom. The average molecular weight is 397 g/mol. The molecule has 29 heavy (non-hydrogen) atoms. The van der Waals surface area contributed by atoms with Gasteiger partial charge in [0.25, 0.3) is 5.91 Å². The van der Waals surface area contributed by atoms with Crippen LogP contribution < -0.4 is 22.1 Å². The number of pyridine rings is 1. The average Bonchev–Trinajstić information content (AvgIpc) is 3.44. The molecular formula is C20H24FN7O. The molecule has 0 saturated heterocycles. The number of fused-ring (bicyclic) bond motifs is 1. The summed E-state index contributed by atoms with van der Waals surface area (Å²) in [6.45, 7) is 0.371. The Kier molecular flexibility index (Phi) is 5.06. The molecule has 2 aromatic heterocycles. The number of carbonyl (C=O) groups is 1. The smallest absolute Gasteiger partial charge is 0.252 e. The van der Waals surface area contributed by atoms with Gasteiger partial charge in [-0.05, 0) is 36.6 Å². The number of nitrogens with one attached hydrogen (secondary N) is 2. The highest BCUT2D eigenvalue weighted by molar-refractivity contribution is 5.99.